The summed E-state index contributed by atoms with van der Waals surface area (Å²) in [4.78, 5) is 0. The van der Waals surface area contributed by atoms with Gasteiger partial charge in [0.05, 0.1) is 11.7 Å². The number of alkyl halides is 10. The minimum atomic E-state index is -5.17. The minimum Gasteiger partial charge on any atom is -0.489 e. The Hall–Kier alpha value is -2.58. The van der Waals surface area contributed by atoms with Gasteiger partial charge < -0.3 is 14.6 Å². The summed E-state index contributed by atoms with van der Waals surface area (Å²) in [5.41, 5.74) is -4.17. The summed E-state index contributed by atoms with van der Waals surface area (Å²) in [6.45, 7) is -0.757. The Kier molecular flexibility index (Phi) is 9.99. The number of benzene rings is 2. The molecule has 1 aliphatic rings. The molecule has 0 bridgehead atoms. The highest BCUT2D eigenvalue weighted by molar-refractivity contribution is 5.31. The van der Waals surface area contributed by atoms with Crippen molar-refractivity contribution in [2.75, 3.05) is 6.54 Å². The third-order valence-electron chi connectivity index (χ3n) is 6.48. The van der Waals surface area contributed by atoms with Crippen LogP contribution in [0.2, 0.25) is 0 Å². The van der Waals surface area contributed by atoms with Gasteiger partial charge in [-0.15, -0.1) is 0 Å². The molecule has 0 aromatic heterocycles. The molecule has 1 saturated carbocycles. The number of hydrogen-bond acceptors (Lipinski definition) is 4. The number of nitrogens with one attached hydrogen (secondary N) is 1. The maximum atomic E-state index is 13.9. The molecule has 2 aromatic rings. The van der Waals surface area contributed by atoms with Gasteiger partial charge in [-0.2, -0.15) is 35.1 Å². The molecule has 3 rings (SSSR count). The van der Waals surface area contributed by atoms with Gasteiger partial charge in [0.2, 0.25) is 5.72 Å². The van der Waals surface area contributed by atoms with Crippen LogP contribution in [0.5, 0.6) is 5.75 Å². The molecular formula is C26H27F10NO3. The average molecular weight is 591 g/mol. The Morgan fingerprint density at radius 2 is 1.57 bits per heavy atom. The Balaban J connectivity index is 1.64. The third kappa shape index (κ3) is 8.71. The second-order valence-corrected chi connectivity index (χ2v) is 9.68. The number of aliphatic hydroxyl groups is 1. The predicted molar refractivity (Wildman–Crippen MR) is 123 cm³/mol. The molecule has 224 valence electrons. The first-order valence-corrected chi connectivity index (χ1v) is 12.2. The lowest BCUT2D eigenvalue weighted by Crippen LogP contribution is -2.59. The van der Waals surface area contributed by atoms with Gasteiger partial charge in [0.1, 0.15) is 12.4 Å². The molecule has 2 aromatic carbocycles. The number of halogens is 10. The fraction of sp³-hybridized carbons (Fsp3) is 0.538. The molecular weight excluding hydrogens is 564 g/mol. The van der Waals surface area contributed by atoms with E-state index in [2.05, 4.69) is 10.1 Å². The number of ether oxygens (including phenoxy) is 2. The lowest BCUT2D eigenvalue weighted by atomic mass is 9.86. The molecule has 1 aliphatic carbocycles. The van der Waals surface area contributed by atoms with Crippen LogP contribution in [0.1, 0.15) is 42.4 Å². The molecule has 1 fully saturated rings. The van der Waals surface area contributed by atoms with Crippen LogP contribution in [-0.4, -0.2) is 42.2 Å². The van der Waals surface area contributed by atoms with Gasteiger partial charge in [0, 0.05) is 13.0 Å². The monoisotopic (exact) mass is 591 g/mol. The van der Waals surface area contributed by atoms with E-state index >= 15 is 0 Å². The van der Waals surface area contributed by atoms with Crippen molar-refractivity contribution in [1.82, 2.24) is 5.32 Å². The van der Waals surface area contributed by atoms with Crippen LogP contribution in [0, 0.1) is 5.92 Å². The van der Waals surface area contributed by atoms with Gasteiger partial charge in [0.15, 0.2) is 0 Å². The average Bonchev–Trinajstić information content (AvgIpc) is 2.85. The van der Waals surface area contributed by atoms with Crippen LogP contribution >= 0.6 is 0 Å². The molecule has 14 heteroatoms. The summed E-state index contributed by atoms with van der Waals surface area (Å²) >= 11 is 0. The summed E-state index contributed by atoms with van der Waals surface area (Å²) in [5, 5.41) is 12.6. The normalized spacial score (nSPS) is 20.4. The SMILES string of the molecule is OC(Cc1cccc(OCc2cccc(C(F)(F)F)c2)c1)(NCC1CCCC(OC(F)(F)C(F)F)C1)C(F)(F)F. The van der Waals surface area contributed by atoms with E-state index in [9.17, 15) is 49.0 Å². The maximum Gasteiger partial charge on any atom is 0.431 e. The summed E-state index contributed by atoms with van der Waals surface area (Å²) in [6.07, 6.45) is -20.3. The lowest BCUT2D eigenvalue weighted by Gasteiger charge is -2.36. The summed E-state index contributed by atoms with van der Waals surface area (Å²) in [6, 6.07) is 9.56. The van der Waals surface area contributed by atoms with Crippen LogP contribution < -0.4 is 10.1 Å². The van der Waals surface area contributed by atoms with Crippen molar-refractivity contribution in [3.63, 3.8) is 0 Å². The van der Waals surface area contributed by atoms with E-state index in [-0.39, 0.29) is 42.7 Å². The third-order valence-corrected chi connectivity index (χ3v) is 6.48. The van der Waals surface area contributed by atoms with E-state index in [1.54, 1.807) is 0 Å². The zero-order chi connectivity index (χ0) is 29.8. The number of hydrogen-bond donors (Lipinski definition) is 2. The predicted octanol–water partition coefficient (Wildman–Crippen LogP) is 7.10. The zero-order valence-corrected chi connectivity index (χ0v) is 20.8. The zero-order valence-electron chi connectivity index (χ0n) is 20.8. The molecule has 2 N–H and O–H groups in total. The van der Waals surface area contributed by atoms with E-state index in [1.807, 2.05) is 0 Å². The van der Waals surface area contributed by atoms with Gasteiger partial charge in [-0.25, -0.2) is 8.78 Å². The summed E-state index contributed by atoms with van der Waals surface area (Å²) < 4.78 is 141. The van der Waals surface area contributed by atoms with E-state index < -0.39 is 61.2 Å². The highest BCUT2D eigenvalue weighted by atomic mass is 19.4. The van der Waals surface area contributed by atoms with Gasteiger partial charge in [0.25, 0.3) is 0 Å². The highest BCUT2D eigenvalue weighted by Gasteiger charge is 2.54. The smallest absolute Gasteiger partial charge is 0.431 e. The van der Waals surface area contributed by atoms with E-state index in [0.717, 1.165) is 12.1 Å². The second kappa shape index (κ2) is 12.5. The van der Waals surface area contributed by atoms with E-state index in [4.69, 9.17) is 4.74 Å². The Morgan fingerprint density at radius 1 is 0.900 bits per heavy atom. The van der Waals surface area contributed by atoms with Crippen molar-refractivity contribution in [2.24, 2.45) is 5.92 Å². The first-order chi connectivity index (χ1) is 18.5. The summed E-state index contributed by atoms with van der Waals surface area (Å²) in [5.74, 6) is -0.616. The largest absolute Gasteiger partial charge is 0.489 e. The van der Waals surface area contributed by atoms with Gasteiger partial charge >= 0.3 is 24.9 Å². The van der Waals surface area contributed by atoms with Crippen LogP contribution in [-0.2, 0) is 23.9 Å². The van der Waals surface area contributed by atoms with Crippen molar-refractivity contribution < 1.29 is 58.5 Å². The fourth-order valence-corrected chi connectivity index (χ4v) is 4.43. The Bertz CT molecular complexity index is 1110. The van der Waals surface area contributed by atoms with Gasteiger partial charge in [-0.05, 0) is 60.6 Å². The van der Waals surface area contributed by atoms with E-state index in [1.165, 1.54) is 36.4 Å². The molecule has 40 heavy (non-hydrogen) atoms. The second-order valence-electron chi connectivity index (χ2n) is 9.68. The quantitative estimate of drug-likeness (QED) is 0.216. The molecule has 3 atom stereocenters. The molecule has 3 unspecified atom stereocenters. The van der Waals surface area contributed by atoms with Crippen LogP contribution in [0.15, 0.2) is 48.5 Å². The van der Waals surface area contributed by atoms with Gasteiger partial charge in [-0.1, -0.05) is 30.7 Å². The van der Waals surface area contributed by atoms with Crippen molar-refractivity contribution in [1.29, 1.82) is 0 Å². The van der Waals surface area contributed by atoms with E-state index in [0.29, 0.717) is 6.42 Å². The van der Waals surface area contributed by atoms with Crippen molar-refractivity contribution >= 4 is 0 Å². The molecule has 4 nitrogen and oxygen atoms in total. The first kappa shape index (κ1) is 31.9. The highest BCUT2D eigenvalue weighted by Crippen LogP contribution is 2.36. The molecule has 0 saturated heterocycles. The van der Waals surface area contributed by atoms with Crippen molar-refractivity contribution in [2.45, 2.75) is 75.4 Å². The van der Waals surface area contributed by atoms with Crippen LogP contribution in [0.25, 0.3) is 0 Å². The minimum absolute atomic E-state index is 0.0182. The molecule has 0 radical (unpaired) electrons. The molecule has 0 spiro atoms. The van der Waals surface area contributed by atoms with Gasteiger partial charge in [-0.3, -0.25) is 5.32 Å². The standard InChI is InChI=1S/C26H27F10NO3/c27-22(28)25(32,33)40-21-9-3-5-17(12-21)14-37-23(38,26(34,35)36)13-16-4-2-8-20(11-16)39-15-18-6-1-7-19(10-18)24(29,30)31/h1-2,4,6-8,10-11,17,21-22,37-38H,3,5,9,12-15H2. The molecule has 0 heterocycles. The Labute approximate surface area is 223 Å². The topological polar surface area (TPSA) is 50.7 Å². The molecule has 0 aliphatic heterocycles. The first-order valence-electron chi connectivity index (χ1n) is 12.2. The maximum absolute atomic E-state index is 13.9. The molecule has 0 amide bonds. The van der Waals surface area contributed by atoms with Crippen molar-refractivity contribution in [3.05, 3.63) is 65.2 Å². The van der Waals surface area contributed by atoms with Crippen molar-refractivity contribution in [3.8, 4) is 5.75 Å². The Morgan fingerprint density at radius 3 is 2.23 bits per heavy atom. The fourth-order valence-electron chi connectivity index (χ4n) is 4.43. The summed E-state index contributed by atoms with van der Waals surface area (Å²) in [7, 11) is 0. The lowest BCUT2D eigenvalue weighted by molar-refractivity contribution is -0.322. The van der Waals surface area contributed by atoms with Crippen LogP contribution in [0.3, 0.4) is 0 Å². The van der Waals surface area contributed by atoms with Crippen LogP contribution in [0.4, 0.5) is 43.9 Å². The number of rotatable bonds is 11.